The van der Waals surface area contributed by atoms with Crippen molar-refractivity contribution < 1.29 is 4.79 Å². The molecule has 0 saturated carbocycles. The van der Waals surface area contributed by atoms with E-state index in [1.54, 1.807) is 10.9 Å². The van der Waals surface area contributed by atoms with Gasteiger partial charge in [-0.3, -0.25) is 9.48 Å². The number of fused-ring (bicyclic) bond motifs is 1. The molecule has 0 saturated heterocycles. The lowest BCUT2D eigenvalue weighted by Gasteiger charge is -2.26. The largest absolute Gasteiger partial charge is 0.345 e. The second-order valence-corrected chi connectivity index (χ2v) is 7.07. The lowest BCUT2D eigenvalue weighted by molar-refractivity contribution is 0.0932. The fraction of sp³-hybridized carbons (Fsp3) is 0.333. The van der Waals surface area contributed by atoms with Crippen LogP contribution in [-0.2, 0) is 13.5 Å². The van der Waals surface area contributed by atoms with Gasteiger partial charge in [-0.05, 0) is 56.4 Å². The monoisotopic (exact) mass is 348 g/mol. The van der Waals surface area contributed by atoms with Crippen molar-refractivity contribution in [1.29, 1.82) is 0 Å². The molecule has 1 atom stereocenters. The first-order chi connectivity index (χ1) is 12.6. The maximum Gasteiger partial charge on any atom is 0.257 e. The van der Waals surface area contributed by atoms with Gasteiger partial charge < -0.3 is 9.88 Å². The molecule has 1 amide bonds. The molecule has 26 heavy (non-hydrogen) atoms. The number of hydrogen-bond acceptors (Lipinski definition) is 2. The number of aryl methyl sites for hydroxylation is 4. The third kappa shape index (κ3) is 2.73. The highest BCUT2D eigenvalue weighted by Gasteiger charge is 2.25. The normalized spacial score (nSPS) is 16.3. The molecule has 134 valence electrons. The summed E-state index contributed by atoms with van der Waals surface area (Å²) in [5, 5.41) is 7.59. The zero-order valence-electron chi connectivity index (χ0n) is 15.5. The van der Waals surface area contributed by atoms with Crippen molar-refractivity contribution in [3.63, 3.8) is 0 Å². The van der Waals surface area contributed by atoms with E-state index in [4.69, 9.17) is 0 Å². The van der Waals surface area contributed by atoms with Crippen LogP contribution in [0.4, 0.5) is 0 Å². The molecule has 0 spiro atoms. The molecular formula is C21H24N4O. The van der Waals surface area contributed by atoms with Crippen LogP contribution in [0.2, 0.25) is 0 Å². The molecule has 1 N–H and O–H groups in total. The number of nitrogens with zero attached hydrogens (tertiary/aromatic N) is 3. The molecule has 2 heterocycles. The van der Waals surface area contributed by atoms with Crippen LogP contribution < -0.4 is 5.32 Å². The van der Waals surface area contributed by atoms with E-state index in [2.05, 4.69) is 45.3 Å². The van der Waals surface area contributed by atoms with Crippen LogP contribution in [0.5, 0.6) is 0 Å². The summed E-state index contributed by atoms with van der Waals surface area (Å²) in [6.07, 6.45) is 4.82. The van der Waals surface area contributed by atoms with Gasteiger partial charge in [0, 0.05) is 18.4 Å². The standard InChI is InChI=1S/C21H24N4O/c1-14-11-12-15(2)25(14)21-18(13-22-24(21)3)20(26)23-19-10-6-8-16-7-4-5-9-17(16)19/h4-5,7,9,11-13,19H,6,8,10H2,1-3H3,(H,23,26)/t19-/m1/s1. The van der Waals surface area contributed by atoms with Gasteiger partial charge in [0.1, 0.15) is 11.4 Å². The summed E-state index contributed by atoms with van der Waals surface area (Å²) in [7, 11) is 1.88. The first-order valence-corrected chi connectivity index (χ1v) is 9.12. The van der Waals surface area contributed by atoms with Crippen molar-refractivity contribution in [1.82, 2.24) is 19.7 Å². The van der Waals surface area contributed by atoms with Crippen molar-refractivity contribution in [3.05, 3.63) is 70.7 Å². The van der Waals surface area contributed by atoms with E-state index >= 15 is 0 Å². The average Bonchev–Trinajstić information content (AvgIpc) is 3.17. The molecule has 5 nitrogen and oxygen atoms in total. The number of carbonyl (C=O) groups is 1. The summed E-state index contributed by atoms with van der Waals surface area (Å²) in [6, 6.07) is 12.6. The minimum Gasteiger partial charge on any atom is -0.345 e. The van der Waals surface area contributed by atoms with Crippen molar-refractivity contribution in [2.45, 2.75) is 39.2 Å². The first-order valence-electron chi connectivity index (χ1n) is 9.12. The third-order valence-electron chi connectivity index (χ3n) is 5.31. The van der Waals surface area contributed by atoms with Crippen LogP contribution in [0, 0.1) is 13.8 Å². The molecule has 3 aromatic rings. The van der Waals surface area contributed by atoms with Crippen LogP contribution in [-0.4, -0.2) is 20.3 Å². The van der Waals surface area contributed by atoms with E-state index < -0.39 is 0 Å². The van der Waals surface area contributed by atoms with Gasteiger partial charge in [-0.2, -0.15) is 5.10 Å². The number of amides is 1. The summed E-state index contributed by atoms with van der Waals surface area (Å²) in [6.45, 7) is 4.08. The van der Waals surface area contributed by atoms with E-state index in [9.17, 15) is 4.79 Å². The number of hydrogen-bond donors (Lipinski definition) is 1. The van der Waals surface area contributed by atoms with Crippen LogP contribution in [0.3, 0.4) is 0 Å². The number of carbonyl (C=O) groups excluding carboxylic acids is 1. The Labute approximate surface area is 153 Å². The quantitative estimate of drug-likeness (QED) is 0.786. The summed E-state index contributed by atoms with van der Waals surface area (Å²) < 4.78 is 3.85. The molecule has 0 radical (unpaired) electrons. The summed E-state index contributed by atoms with van der Waals surface area (Å²) >= 11 is 0. The Morgan fingerprint density at radius 1 is 1.15 bits per heavy atom. The Morgan fingerprint density at radius 2 is 1.88 bits per heavy atom. The van der Waals surface area contributed by atoms with Gasteiger partial charge in [0.15, 0.2) is 0 Å². The second-order valence-electron chi connectivity index (χ2n) is 7.07. The van der Waals surface area contributed by atoms with Crippen LogP contribution in [0.1, 0.15) is 51.8 Å². The minimum atomic E-state index is -0.0673. The maximum atomic E-state index is 13.1. The molecular weight excluding hydrogens is 324 g/mol. The summed E-state index contributed by atoms with van der Waals surface area (Å²) in [4.78, 5) is 13.1. The van der Waals surface area contributed by atoms with Crippen molar-refractivity contribution in [2.24, 2.45) is 7.05 Å². The lowest BCUT2D eigenvalue weighted by Crippen LogP contribution is -2.31. The molecule has 1 aliphatic rings. The fourth-order valence-corrected chi connectivity index (χ4v) is 4.00. The molecule has 1 aromatic carbocycles. The molecule has 0 fully saturated rings. The smallest absolute Gasteiger partial charge is 0.257 e. The Balaban J connectivity index is 1.67. The third-order valence-corrected chi connectivity index (χ3v) is 5.31. The Bertz CT molecular complexity index is 947. The molecule has 2 aromatic heterocycles. The predicted molar refractivity (Wildman–Crippen MR) is 102 cm³/mol. The Hall–Kier alpha value is -2.82. The van der Waals surface area contributed by atoms with Crippen molar-refractivity contribution in [2.75, 3.05) is 0 Å². The van der Waals surface area contributed by atoms with E-state index in [0.717, 1.165) is 36.5 Å². The minimum absolute atomic E-state index is 0.0624. The van der Waals surface area contributed by atoms with Crippen molar-refractivity contribution in [3.8, 4) is 5.82 Å². The van der Waals surface area contributed by atoms with Gasteiger partial charge in [0.05, 0.1) is 12.2 Å². The fourth-order valence-electron chi connectivity index (χ4n) is 4.00. The summed E-state index contributed by atoms with van der Waals surface area (Å²) in [5.41, 5.74) is 5.36. The Kier molecular flexibility index (Phi) is 4.15. The van der Waals surface area contributed by atoms with Gasteiger partial charge in [-0.1, -0.05) is 24.3 Å². The first kappa shape index (κ1) is 16.6. The van der Waals surface area contributed by atoms with E-state index in [-0.39, 0.29) is 11.9 Å². The highest BCUT2D eigenvalue weighted by molar-refractivity contribution is 5.97. The molecule has 4 rings (SSSR count). The molecule has 0 unspecified atom stereocenters. The van der Waals surface area contributed by atoms with Crippen LogP contribution in [0.25, 0.3) is 5.82 Å². The molecule has 5 heteroatoms. The summed E-state index contributed by atoms with van der Waals surface area (Å²) in [5.74, 6) is 0.744. The van der Waals surface area contributed by atoms with E-state index in [1.165, 1.54) is 11.1 Å². The molecule has 0 bridgehead atoms. The topological polar surface area (TPSA) is 51.9 Å². The lowest BCUT2D eigenvalue weighted by atomic mass is 9.87. The number of nitrogens with one attached hydrogen (secondary N) is 1. The van der Waals surface area contributed by atoms with Gasteiger partial charge in [0.25, 0.3) is 5.91 Å². The van der Waals surface area contributed by atoms with Crippen LogP contribution >= 0.6 is 0 Å². The number of aromatic nitrogens is 3. The maximum absolute atomic E-state index is 13.1. The van der Waals surface area contributed by atoms with Crippen molar-refractivity contribution >= 4 is 5.91 Å². The van der Waals surface area contributed by atoms with Crippen LogP contribution in [0.15, 0.2) is 42.6 Å². The molecule has 1 aliphatic carbocycles. The SMILES string of the molecule is Cc1ccc(C)n1-c1c(C(=O)N[C@@H]2CCCc3ccccc32)cnn1C. The zero-order valence-corrected chi connectivity index (χ0v) is 15.5. The number of benzene rings is 1. The van der Waals surface area contributed by atoms with E-state index in [0.29, 0.717) is 5.56 Å². The Morgan fingerprint density at radius 3 is 2.65 bits per heavy atom. The zero-order chi connectivity index (χ0) is 18.3. The van der Waals surface area contributed by atoms with E-state index in [1.807, 2.05) is 27.0 Å². The van der Waals surface area contributed by atoms with Gasteiger partial charge >= 0.3 is 0 Å². The van der Waals surface area contributed by atoms with Gasteiger partial charge in [-0.25, -0.2) is 0 Å². The van der Waals surface area contributed by atoms with Gasteiger partial charge in [0.2, 0.25) is 0 Å². The van der Waals surface area contributed by atoms with Gasteiger partial charge in [-0.15, -0.1) is 0 Å². The number of rotatable bonds is 3. The predicted octanol–water partition coefficient (Wildman–Crippen LogP) is 3.64. The average molecular weight is 348 g/mol. The highest BCUT2D eigenvalue weighted by Crippen LogP contribution is 2.30. The highest BCUT2D eigenvalue weighted by atomic mass is 16.1. The molecule has 0 aliphatic heterocycles. The second kappa shape index (κ2) is 6.48.